The van der Waals surface area contributed by atoms with Crippen LogP contribution in [0.1, 0.15) is 49.7 Å². The van der Waals surface area contributed by atoms with Crippen LogP contribution in [-0.2, 0) is 9.53 Å². The highest BCUT2D eigenvalue weighted by Crippen LogP contribution is 2.30. The number of hydrogen-bond acceptors (Lipinski definition) is 3. The van der Waals surface area contributed by atoms with Crippen molar-refractivity contribution >= 4 is 5.78 Å². The largest absolute Gasteiger partial charge is 0.379 e. The Labute approximate surface area is 175 Å². The Morgan fingerprint density at radius 1 is 0.966 bits per heavy atom. The number of rotatable bonds is 10. The van der Waals surface area contributed by atoms with E-state index in [1.54, 1.807) is 6.92 Å². The van der Waals surface area contributed by atoms with Crippen molar-refractivity contribution < 1.29 is 9.53 Å². The molecule has 2 aromatic carbocycles. The number of allylic oxidation sites excluding steroid dienone is 1. The van der Waals surface area contributed by atoms with Gasteiger partial charge in [0.05, 0.1) is 13.2 Å². The maximum atomic E-state index is 11.7. The third-order valence-corrected chi connectivity index (χ3v) is 5.65. The Balaban J connectivity index is 1.60. The summed E-state index contributed by atoms with van der Waals surface area (Å²) in [6.07, 6.45) is 5.99. The van der Waals surface area contributed by atoms with Crippen LogP contribution in [0.3, 0.4) is 0 Å². The molecule has 0 saturated carbocycles. The molecule has 0 spiro atoms. The minimum absolute atomic E-state index is 0.157. The Morgan fingerprint density at radius 2 is 1.55 bits per heavy atom. The molecule has 0 bridgehead atoms. The molecule has 29 heavy (non-hydrogen) atoms. The summed E-state index contributed by atoms with van der Waals surface area (Å²) in [5.41, 5.74) is 4.01. The molecule has 0 radical (unpaired) electrons. The van der Waals surface area contributed by atoms with E-state index in [1.165, 1.54) is 16.7 Å². The molecular weight excluding hydrogens is 358 g/mol. The lowest BCUT2D eigenvalue weighted by atomic mass is 9.86. The molecular formula is C26H33NO2. The summed E-state index contributed by atoms with van der Waals surface area (Å²) in [5, 5.41) is 0. The van der Waals surface area contributed by atoms with Gasteiger partial charge in [-0.15, -0.1) is 0 Å². The van der Waals surface area contributed by atoms with Crippen LogP contribution in [0, 0.1) is 0 Å². The first-order valence-corrected chi connectivity index (χ1v) is 10.8. The number of benzene rings is 2. The highest BCUT2D eigenvalue weighted by Gasteiger charge is 2.15. The van der Waals surface area contributed by atoms with E-state index < -0.39 is 0 Å². The number of ether oxygens (including phenoxy) is 1. The Hall–Kier alpha value is -2.23. The molecule has 1 aliphatic rings. The smallest absolute Gasteiger partial charge is 0.152 e. The molecule has 0 aromatic heterocycles. The lowest BCUT2D eigenvalue weighted by Crippen LogP contribution is -2.36. The molecule has 0 N–H and O–H groups in total. The summed E-state index contributed by atoms with van der Waals surface area (Å²) in [5.74, 6) is 0.555. The summed E-state index contributed by atoms with van der Waals surface area (Å²) in [4.78, 5) is 14.2. The topological polar surface area (TPSA) is 29.5 Å². The Kier molecular flexibility index (Phi) is 8.66. The van der Waals surface area contributed by atoms with Crippen molar-refractivity contribution in [3.8, 4) is 0 Å². The van der Waals surface area contributed by atoms with Gasteiger partial charge in [-0.05, 0) is 49.8 Å². The number of hydrogen-bond donors (Lipinski definition) is 0. The molecule has 0 unspecified atom stereocenters. The van der Waals surface area contributed by atoms with Crippen LogP contribution in [0.2, 0.25) is 0 Å². The van der Waals surface area contributed by atoms with Gasteiger partial charge in [0.25, 0.3) is 0 Å². The van der Waals surface area contributed by atoms with Gasteiger partial charge in [0.15, 0.2) is 5.78 Å². The van der Waals surface area contributed by atoms with Gasteiger partial charge < -0.3 is 4.74 Å². The minimum atomic E-state index is 0.157. The lowest BCUT2D eigenvalue weighted by molar-refractivity contribution is -0.112. The molecule has 0 aliphatic carbocycles. The first-order chi connectivity index (χ1) is 14.2. The van der Waals surface area contributed by atoms with E-state index >= 15 is 0 Å². The van der Waals surface area contributed by atoms with Gasteiger partial charge in [0.1, 0.15) is 0 Å². The SMILES string of the molecule is CC(=O)/C=C(/CCCC(c1ccccc1)c1ccccc1)CCN1CCOCC1. The van der Waals surface area contributed by atoms with Crippen molar-refractivity contribution in [1.82, 2.24) is 4.90 Å². The maximum Gasteiger partial charge on any atom is 0.152 e. The average molecular weight is 392 g/mol. The average Bonchev–Trinajstić information content (AvgIpc) is 2.76. The fraction of sp³-hybridized carbons (Fsp3) is 0.423. The zero-order valence-electron chi connectivity index (χ0n) is 17.6. The van der Waals surface area contributed by atoms with E-state index in [-0.39, 0.29) is 5.78 Å². The summed E-state index contributed by atoms with van der Waals surface area (Å²) in [6, 6.07) is 21.5. The predicted molar refractivity (Wildman–Crippen MR) is 119 cm³/mol. The molecule has 3 nitrogen and oxygen atoms in total. The molecule has 1 heterocycles. The quantitative estimate of drug-likeness (QED) is 0.520. The van der Waals surface area contributed by atoms with Gasteiger partial charge in [-0.1, -0.05) is 66.2 Å². The van der Waals surface area contributed by atoms with Crippen molar-refractivity contribution in [3.05, 3.63) is 83.4 Å². The Morgan fingerprint density at radius 3 is 2.10 bits per heavy atom. The lowest BCUT2D eigenvalue weighted by Gasteiger charge is -2.27. The molecule has 1 saturated heterocycles. The van der Waals surface area contributed by atoms with E-state index in [1.807, 2.05) is 6.08 Å². The first kappa shape index (κ1) is 21.5. The molecule has 1 fully saturated rings. The highest BCUT2D eigenvalue weighted by molar-refractivity contribution is 5.87. The molecule has 0 atom stereocenters. The third-order valence-electron chi connectivity index (χ3n) is 5.65. The van der Waals surface area contributed by atoms with Crippen LogP contribution in [0.5, 0.6) is 0 Å². The van der Waals surface area contributed by atoms with Crippen molar-refractivity contribution in [2.75, 3.05) is 32.8 Å². The van der Waals surface area contributed by atoms with Crippen molar-refractivity contribution in [2.24, 2.45) is 0 Å². The second kappa shape index (κ2) is 11.7. The van der Waals surface area contributed by atoms with Gasteiger partial charge >= 0.3 is 0 Å². The number of ketones is 1. The number of morpholine rings is 1. The summed E-state index contributed by atoms with van der Waals surface area (Å²) in [7, 11) is 0. The standard InChI is InChI=1S/C26H33NO2/c1-22(28)21-23(15-16-27-17-19-29-20-18-27)9-8-14-26(24-10-4-2-5-11-24)25-12-6-3-7-13-25/h2-7,10-13,21,26H,8-9,14-20H2,1H3/b23-21-. The van der Waals surface area contributed by atoms with E-state index in [4.69, 9.17) is 4.74 Å². The second-order valence-electron chi connectivity index (χ2n) is 7.88. The van der Waals surface area contributed by atoms with Gasteiger partial charge in [0.2, 0.25) is 0 Å². The van der Waals surface area contributed by atoms with Crippen LogP contribution in [0.4, 0.5) is 0 Å². The number of carbonyl (C=O) groups is 1. The first-order valence-electron chi connectivity index (χ1n) is 10.8. The molecule has 2 aromatic rings. The number of nitrogens with zero attached hydrogens (tertiary/aromatic N) is 1. The molecule has 1 aliphatic heterocycles. The fourth-order valence-corrected chi connectivity index (χ4v) is 4.11. The molecule has 3 rings (SSSR count). The van der Waals surface area contributed by atoms with E-state index in [9.17, 15) is 4.79 Å². The molecule has 3 heteroatoms. The summed E-state index contributed by atoms with van der Waals surface area (Å²) in [6.45, 7) is 6.31. The third kappa shape index (κ3) is 7.26. The van der Waals surface area contributed by atoms with Crippen LogP contribution >= 0.6 is 0 Å². The van der Waals surface area contributed by atoms with Gasteiger partial charge in [-0.25, -0.2) is 0 Å². The van der Waals surface area contributed by atoms with Crippen LogP contribution in [0.15, 0.2) is 72.3 Å². The van der Waals surface area contributed by atoms with Gasteiger partial charge in [-0.3, -0.25) is 9.69 Å². The monoisotopic (exact) mass is 391 g/mol. The highest BCUT2D eigenvalue weighted by atomic mass is 16.5. The van der Waals surface area contributed by atoms with E-state index in [0.29, 0.717) is 5.92 Å². The van der Waals surface area contributed by atoms with Gasteiger partial charge in [0, 0.05) is 25.6 Å². The molecule has 154 valence electrons. The van der Waals surface area contributed by atoms with Crippen molar-refractivity contribution in [2.45, 2.75) is 38.5 Å². The van der Waals surface area contributed by atoms with E-state index in [0.717, 1.165) is 58.5 Å². The van der Waals surface area contributed by atoms with Gasteiger partial charge in [-0.2, -0.15) is 0 Å². The fourth-order valence-electron chi connectivity index (χ4n) is 4.11. The zero-order valence-corrected chi connectivity index (χ0v) is 17.6. The Bertz CT molecular complexity index is 724. The van der Waals surface area contributed by atoms with E-state index in [2.05, 4.69) is 65.6 Å². The summed E-state index contributed by atoms with van der Waals surface area (Å²) < 4.78 is 5.44. The zero-order chi connectivity index (χ0) is 20.3. The minimum Gasteiger partial charge on any atom is -0.379 e. The normalized spacial score (nSPS) is 15.6. The molecule has 0 amide bonds. The van der Waals surface area contributed by atoms with Crippen LogP contribution in [0.25, 0.3) is 0 Å². The van der Waals surface area contributed by atoms with Crippen molar-refractivity contribution in [3.63, 3.8) is 0 Å². The second-order valence-corrected chi connectivity index (χ2v) is 7.88. The van der Waals surface area contributed by atoms with Crippen LogP contribution < -0.4 is 0 Å². The predicted octanol–water partition coefficient (Wildman–Crippen LogP) is 5.23. The van der Waals surface area contributed by atoms with Crippen LogP contribution in [-0.4, -0.2) is 43.5 Å². The maximum absolute atomic E-state index is 11.7. The van der Waals surface area contributed by atoms with Crippen molar-refractivity contribution in [1.29, 1.82) is 0 Å². The summed E-state index contributed by atoms with van der Waals surface area (Å²) >= 11 is 0. The number of carbonyl (C=O) groups excluding carboxylic acids is 1.